The number of ether oxygens (including phenoxy) is 1. The molecule has 176 valence electrons. The van der Waals surface area contributed by atoms with Crippen molar-refractivity contribution in [2.24, 2.45) is 0 Å². The first-order valence-corrected chi connectivity index (χ1v) is 12.3. The van der Waals surface area contributed by atoms with Gasteiger partial charge in [0.05, 0.1) is 5.69 Å². The molecule has 0 spiro atoms. The van der Waals surface area contributed by atoms with Gasteiger partial charge >= 0.3 is 12.1 Å². The summed E-state index contributed by atoms with van der Waals surface area (Å²) >= 11 is 1.44. The molecule has 3 rings (SSSR count). The number of nitrogens with one attached hydrogen (secondary N) is 1. The van der Waals surface area contributed by atoms with E-state index in [1.165, 1.54) is 11.8 Å². The summed E-state index contributed by atoms with van der Waals surface area (Å²) in [7, 11) is -4.49. The number of carbonyl (C=O) groups is 1. The Kier molecular flexibility index (Phi) is 7.38. The van der Waals surface area contributed by atoms with Crippen LogP contribution in [0.15, 0.2) is 65.6 Å². The number of carbonyl (C=O) groups excluding carboxylic acids is 1. The third kappa shape index (κ3) is 6.08. The molecule has 0 aliphatic rings. The van der Waals surface area contributed by atoms with Gasteiger partial charge in [0.25, 0.3) is 10.0 Å². The van der Waals surface area contributed by atoms with E-state index < -0.39 is 33.1 Å². The molecule has 1 unspecified atom stereocenters. The number of nitrogens with zero attached hydrogens (tertiary/aromatic N) is 2. The first kappa shape index (κ1) is 24.6. The fourth-order valence-corrected chi connectivity index (χ4v) is 4.00. The molecule has 1 N–H and O–H groups in total. The van der Waals surface area contributed by atoms with Crippen molar-refractivity contribution in [3.8, 4) is 11.3 Å². The smallest absolute Gasteiger partial charge is 0.435 e. The second kappa shape index (κ2) is 9.87. The highest BCUT2D eigenvalue weighted by Crippen LogP contribution is 2.32. The fraction of sp³-hybridized carbons (Fsp3) is 0.238. The Hall–Kier alpha value is -2.99. The zero-order valence-corrected chi connectivity index (χ0v) is 19.2. The van der Waals surface area contributed by atoms with Crippen LogP contribution in [0.25, 0.3) is 11.3 Å². The van der Waals surface area contributed by atoms with Crippen molar-refractivity contribution in [3.05, 3.63) is 71.9 Å². The maximum absolute atomic E-state index is 13.3. The average Bonchev–Trinajstić information content (AvgIpc) is 3.21. The molecule has 0 radical (unpaired) electrons. The third-order valence-electron chi connectivity index (χ3n) is 4.62. The van der Waals surface area contributed by atoms with E-state index in [2.05, 4.69) is 5.10 Å². The molecule has 2 aromatic carbocycles. The second-order valence-electron chi connectivity index (χ2n) is 6.92. The third-order valence-corrected chi connectivity index (χ3v) is 6.91. The van der Waals surface area contributed by atoms with Crippen LogP contribution in [-0.2, 0) is 32.3 Å². The SMILES string of the molecule is CSc1ccc(-c2cc(C(F)(F)F)nn2NS(=O)(=O)C(C)C(=O)OCc2ccccc2)cc1. The lowest BCUT2D eigenvalue weighted by Crippen LogP contribution is -2.38. The number of benzene rings is 2. The number of thioether (sulfide) groups is 1. The van der Waals surface area contributed by atoms with Gasteiger partial charge in [-0.2, -0.15) is 18.0 Å². The Morgan fingerprint density at radius 2 is 1.79 bits per heavy atom. The minimum absolute atomic E-state index is 0.136. The fourth-order valence-electron chi connectivity index (χ4n) is 2.73. The molecule has 1 aromatic heterocycles. The minimum atomic E-state index is -4.80. The maximum atomic E-state index is 13.3. The molecule has 0 bridgehead atoms. The Labute approximate surface area is 193 Å². The number of hydrogen-bond donors (Lipinski definition) is 1. The lowest BCUT2D eigenvalue weighted by atomic mass is 10.1. The first-order valence-electron chi connectivity index (χ1n) is 9.55. The number of esters is 1. The molecule has 3 aromatic rings. The summed E-state index contributed by atoms with van der Waals surface area (Å²) in [6.07, 6.45) is -2.96. The standard InChI is InChI=1S/C21H20F3N3O4S2/c1-14(20(28)31-13-15-6-4-3-5-7-15)33(29,30)26-27-18(12-19(25-27)21(22,23)24)16-8-10-17(32-2)11-9-16/h3-12,14,26H,13H2,1-2H3. The highest BCUT2D eigenvalue weighted by molar-refractivity contribution is 7.98. The molecule has 0 saturated carbocycles. The maximum Gasteiger partial charge on any atom is 0.435 e. The van der Waals surface area contributed by atoms with Gasteiger partial charge in [0.2, 0.25) is 0 Å². The van der Waals surface area contributed by atoms with Crippen molar-refractivity contribution in [1.82, 2.24) is 9.89 Å². The van der Waals surface area contributed by atoms with Gasteiger partial charge in [0, 0.05) is 10.5 Å². The molecule has 0 aliphatic heterocycles. The summed E-state index contributed by atoms with van der Waals surface area (Å²) in [4.78, 5) is 15.6. The summed E-state index contributed by atoms with van der Waals surface area (Å²) in [5.41, 5.74) is -0.462. The van der Waals surface area contributed by atoms with E-state index in [4.69, 9.17) is 4.74 Å². The Morgan fingerprint density at radius 1 is 1.15 bits per heavy atom. The lowest BCUT2D eigenvalue weighted by Gasteiger charge is -2.16. The van der Waals surface area contributed by atoms with Gasteiger partial charge in [-0.3, -0.25) is 4.79 Å². The van der Waals surface area contributed by atoms with Crippen LogP contribution in [0.5, 0.6) is 0 Å². The molecule has 12 heteroatoms. The molecule has 1 heterocycles. The van der Waals surface area contributed by atoms with Crippen LogP contribution < -0.4 is 4.83 Å². The van der Waals surface area contributed by atoms with Gasteiger partial charge in [0.1, 0.15) is 6.61 Å². The Bertz CT molecular complexity index is 1210. The predicted molar refractivity (Wildman–Crippen MR) is 118 cm³/mol. The Balaban J connectivity index is 1.85. The second-order valence-corrected chi connectivity index (χ2v) is 9.78. The van der Waals surface area contributed by atoms with Crippen LogP contribution in [-0.4, -0.2) is 35.8 Å². The molecule has 0 amide bonds. The van der Waals surface area contributed by atoms with Gasteiger partial charge in [0.15, 0.2) is 10.9 Å². The lowest BCUT2D eigenvalue weighted by molar-refractivity contribution is -0.144. The van der Waals surface area contributed by atoms with Crippen molar-refractivity contribution >= 4 is 27.8 Å². The largest absolute Gasteiger partial charge is 0.460 e. The average molecular weight is 500 g/mol. The molecular weight excluding hydrogens is 479 g/mol. The monoisotopic (exact) mass is 499 g/mol. The summed E-state index contributed by atoms with van der Waals surface area (Å²) in [6, 6.07) is 15.8. The van der Waals surface area contributed by atoms with E-state index in [1.54, 1.807) is 54.6 Å². The summed E-state index contributed by atoms with van der Waals surface area (Å²) < 4.78 is 70.3. The van der Waals surface area contributed by atoms with Crippen molar-refractivity contribution in [3.63, 3.8) is 0 Å². The molecule has 0 saturated heterocycles. The van der Waals surface area contributed by atoms with E-state index in [-0.39, 0.29) is 12.3 Å². The Morgan fingerprint density at radius 3 is 2.36 bits per heavy atom. The number of hydrogen-bond acceptors (Lipinski definition) is 6. The van der Waals surface area contributed by atoms with Crippen molar-refractivity contribution < 1.29 is 31.1 Å². The zero-order valence-electron chi connectivity index (χ0n) is 17.5. The van der Waals surface area contributed by atoms with Crippen LogP contribution in [0.2, 0.25) is 0 Å². The van der Waals surface area contributed by atoms with Gasteiger partial charge in [-0.05, 0) is 36.9 Å². The number of aromatic nitrogens is 2. The number of alkyl halides is 3. The van der Waals surface area contributed by atoms with E-state index in [0.717, 1.165) is 17.9 Å². The first-order chi connectivity index (χ1) is 15.5. The van der Waals surface area contributed by atoms with Crippen LogP contribution >= 0.6 is 11.8 Å². The quantitative estimate of drug-likeness (QED) is 0.367. The highest BCUT2D eigenvalue weighted by Gasteiger charge is 2.37. The predicted octanol–water partition coefficient (Wildman–Crippen LogP) is 4.30. The van der Waals surface area contributed by atoms with Gasteiger partial charge in [-0.15, -0.1) is 16.9 Å². The topological polar surface area (TPSA) is 90.3 Å². The van der Waals surface area contributed by atoms with Crippen LogP contribution in [0, 0.1) is 0 Å². The van der Waals surface area contributed by atoms with Crippen LogP contribution in [0.1, 0.15) is 18.2 Å². The van der Waals surface area contributed by atoms with E-state index >= 15 is 0 Å². The van der Waals surface area contributed by atoms with E-state index in [1.807, 2.05) is 11.1 Å². The van der Waals surface area contributed by atoms with Crippen LogP contribution in [0.3, 0.4) is 0 Å². The molecule has 0 fully saturated rings. The number of halogens is 3. The molecule has 0 aliphatic carbocycles. The van der Waals surface area contributed by atoms with Crippen molar-refractivity contribution in [2.75, 3.05) is 11.1 Å². The van der Waals surface area contributed by atoms with E-state index in [0.29, 0.717) is 15.9 Å². The van der Waals surface area contributed by atoms with Gasteiger partial charge < -0.3 is 4.74 Å². The van der Waals surface area contributed by atoms with Crippen LogP contribution in [0.4, 0.5) is 13.2 Å². The zero-order chi connectivity index (χ0) is 24.2. The molecule has 7 nitrogen and oxygen atoms in total. The summed E-state index contributed by atoms with van der Waals surface area (Å²) in [5.74, 6) is -1.06. The molecular formula is C21H20F3N3O4S2. The highest BCUT2D eigenvalue weighted by atomic mass is 32.2. The van der Waals surface area contributed by atoms with Gasteiger partial charge in [-0.25, -0.2) is 13.2 Å². The van der Waals surface area contributed by atoms with E-state index in [9.17, 15) is 26.4 Å². The van der Waals surface area contributed by atoms with Gasteiger partial charge in [-0.1, -0.05) is 42.5 Å². The minimum Gasteiger partial charge on any atom is -0.460 e. The summed E-state index contributed by atoms with van der Waals surface area (Å²) in [5, 5.41) is 1.66. The summed E-state index contributed by atoms with van der Waals surface area (Å²) in [6.45, 7) is 0.934. The molecule has 1 atom stereocenters. The van der Waals surface area contributed by atoms with Crippen molar-refractivity contribution in [2.45, 2.75) is 29.9 Å². The van der Waals surface area contributed by atoms with Crippen molar-refractivity contribution in [1.29, 1.82) is 0 Å². The number of rotatable bonds is 8. The molecule has 33 heavy (non-hydrogen) atoms. The normalized spacial score (nSPS) is 12.9. The number of sulfonamides is 1.